The molecule has 1 aromatic carbocycles. The van der Waals surface area contributed by atoms with Crippen molar-refractivity contribution in [1.29, 1.82) is 0 Å². The minimum absolute atomic E-state index is 0.196. The Balaban J connectivity index is 2.09. The number of halogens is 1. The van der Waals surface area contributed by atoms with E-state index < -0.39 is 16.0 Å². The van der Waals surface area contributed by atoms with Crippen LogP contribution in [0.25, 0.3) is 0 Å². The summed E-state index contributed by atoms with van der Waals surface area (Å²) in [6.07, 6.45) is 2.13. The van der Waals surface area contributed by atoms with Gasteiger partial charge in [0.1, 0.15) is 0 Å². The number of carboxylic acid groups (broad SMARTS) is 1. The van der Waals surface area contributed by atoms with Gasteiger partial charge in [-0.15, -0.1) is 0 Å². The van der Waals surface area contributed by atoms with Crippen LogP contribution < -0.4 is 4.72 Å². The molecule has 1 saturated carbocycles. The molecule has 116 valence electrons. The number of aryl methyl sites for hydroxylation is 1. The third-order valence-electron chi connectivity index (χ3n) is 3.84. The minimum atomic E-state index is -3.60. The molecule has 1 fully saturated rings. The van der Waals surface area contributed by atoms with Crippen LogP contribution in [0.3, 0.4) is 0 Å². The van der Waals surface area contributed by atoms with E-state index in [2.05, 4.69) is 20.7 Å². The molecule has 1 aromatic rings. The number of hydrogen-bond acceptors (Lipinski definition) is 3. The fourth-order valence-corrected chi connectivity index (χ4v) is 4.93. The normalized spacial score (nSPS) is 23.0. The molecule has 0 bridgehead atoms. The standard InChI is InChI=1S/C14H18BrNO4S/c1-9-3-2-4-12(13(9)15)21(19,20)16-11-7-5-10(6-8-11)14(17)18/h2-4,10-11,16H,5-8H2,1H3,(H,17,18). The number of benzene rings is 1. The molecule has 0 aliphatic heterocycles. The van der Waals surface area contributed by atoms with Crippen molar-refractivity contribution in [2.75, 3.05) is 0 Å². The van der Waals surface area contributed by atoms with Gasteiger partial charge in [0.05, 0.1) is 10.8 Å². The molecule has 0 aromatic heterocycles. The van der Waals surface area contributed by atoms with E-state index in [0.717, 1.165) is 5.56 Å². The van der Waals surface area contributed by atoms with Gasteiger partial charge in [0.15, 0.2) is 0 Å². The number of hydrogen-bond donors (Lipinski definition) is 2. The average Bonchev–Trinajstić information content (AvgIpc) is 2.41. The molecule has 0 amide bonds. The highest BCUT2D eigenvalue weighted by molar-refractivity contribution is 9.10. The first kappa shape index (κ1) is 16.5. The van der Waals surface area contributed by atoms with Gasteiger partial charge in [0, 0.05) is 10.5 Å². The molecule has 0 spiro atoms. The molecule has 0 saturated heterocycles. The second-order valence-electron chi connectivity index (χ2n) is 5.40. The summed E-state index contributed by atoms with van der Waals surface area (Å²) in [5, 5.41) is 8.96. The number of carbonyl (C=O) groups is 1. The van der Waals surface area contributed by atoms with Crippen molar-refractivity contribution in [1.82, 2.24) is 4.72 Å². The predicted molar refractivity (Wildman–Crippen MR) is 82.6 cm³/mol. The predicted octanol–water partition coefficient (Wildman–Crippen LogP) is 2.68. The first-order valence-electron chi connectivity index (χ1n) is 6.81. The Labute approximate surface area is 132 Å². The first-order chi connectivity index (χ1) is 9.81. The fraction of sp³-hybridized carbons (Fsp3) is 0.500. The zero-order valence-electron chi connectivity index (χ0n) is 11.7. The fourth-order valence-electron chi connectivity index (χ4n) is 2.57. The van der Waals surface area contributed by atoms with Crippen molar-refractivity contribution < 1.29 is 18.3 Å². The van der Waals surface area contributed by atoms with E-state index in [0.29, 0.717) is 30.2 Å². The van der Waals surface area contributed by atoms with Gasteiger partial charge in [-0.05, 0) is 60.2 Å². The second kappa shape index (κ2) is 6.46. The number of nitrogens with one attached hydrogen (secondary N) is 1. The Morgan fingerprint density at radius 1 is 1.29 bits per heavy atom. The van der Waals surface area contributed by atoms with Crippen molar-refractivity contribution in [3.05, 3.63) is 28.2 Å². The number of carboxylic acids is 1. The smallest absolute Gasteiger partial charge is 0.306 e. The van der Waals surface area contributed by atoms with Crippen molar-refractivity contribution >= 4 is 31.9 Å². The molecule has 1 aliphatic carbocycles. The molecule has 0 unspecified atom stereocenters. The highest BCUT2D eigenvalue weighted by Gasteiger charge is 2.29. The molecule has 21 heavy (non-hydrogen) atoms. The Morgan fingerprint density at radius 3 is 2.48 bits per heavy atom. The van der Waals surface area contributed by atoms with Gasteiger partial charge >= 0.3 is 5.97 Å². The third-order valence-corrected chi connectivity index (χ3v) is 6.72. The molecule has 2 N–H and O–H groups in total. The second-order valence-corrected chi connectivity index (χ2v) is 7.87. The van der Waals surface area contributed by atoms with Crippen LogP contribution in [0.4, 0.5) is 0 Å². The van der Waals surface area contributed by atoms with Gasteiger partial charge in [0.2, 0.25) is 10.0 Å². The average molecular weight is 376 g/mol. The molecule has 2 rings (SSSR count). The molecule has 0 atom stereocenters. The van der Waals surface area contributed by atoms with Gasteiger partial charge in [0.25, 0.3) is 0 Å². The summed E-state index contributed by atoms with van der Waals surface area (Å²) in [5.74, 6) is -1.14. The van der Waals surface area contributed by atoms with Gasteiger partial charge in [-0.2, -0.15) is 0 Å². The maximum Gasteiger partial charge on any atom is 0.306 e. The van der Waals surface area contributed by atoms with Gasteiger partial charge in [-0.3, -0.25) is 4.79 Å². The maximum atomic E-state index is 12.4. The maximum absolute atomic E-state index is 12.4. The lowest BCUT2D eigenvalue weighted by molar-refractivity contribution is -0.142. The van der Waals surface area contributed by atoms with Gasteiger partial charge in [-0.1, -0.05) is 12.1 Å². The lowest BCUT2D eigenvalue weighted by atomic mass is 9.87. The van der Waals surface area contributed by atoms with Crippen molar-refractivity contribution in [3.63, 3.8) is 0 Å². The van der Waals surface area contributed by atoms with E-state index in [1.807, 2.05) is 13.0 Å². The molecule has 0 heterocycles. The SMILES string of the molecule is Cc1cccc(S(=O)(=O)NC2CCC(C(=O)O)CC2)c1Br. The topological polar surface area (TPSA) is 83.5 Å². The van der Waals surface area contributed by atoms with Crippen LogP contribution in [0.5, 0.6) is 0 Å². The minimum Gasteiger partial charge on any atom is -0.481 e. The van der Waals surface area contributed by atoms with Crippen LogP contribution in [-0.4, -0.2) is 25.5 Å². The van der Waals surface area contributed by atoms with Crippen molar-refractivity contribution in [3.8, 4) is 0 Å². The Hall–Kier alpha value is -0.920. The Kier molecular flexibility index (Phi) is 5.06. The van der Waals surface area contributed by atoms with Crippen LogP contribution in [0.2, 0.25) is 0 Å². The summed E-state index contributed by atoms with van der Waals surface area (Å²) in [4.78, 5) is 11.1. The van der Waals surface area contributed by atoms with Crippen LogP contribution >= 0.6 is 15.9 Å². The van der Waals surface area contributed by atoms with E-state index in [1.54, 1.807) is 12.1 Å². The monoisotopic (exact) mass is 375 g/mol. The van der Waals surface area contributed by atoms with E-state index in [1.165, 1.54) is 0 Å². The summed E-state index contributed by atoms with van der Waals surface area (Å²) < 4.78 is 28.1. The highest BCUT2D eigenvalue weighted by atomic mass is 79.9. The lowest BCUT2D eigenvalue weighted by Crippen LogP contribution is -2.38. The van der Waals surface area contributed by atoms with E-state index >= 15 is 0 Å². The van der Waals surface area contributed by atoms with Crippen LogP contribution in [-0.2, 0) is 14.8 Å². The quantitative estimate of drug-likeness (QED) is 0.847. The van der Waals surface area contributed by atoms with Gasteiger partial charge < -0.3 is 5.11 Å². The third kappa shape index (κ3) is 3.84. The lowest BCUT2D eigenvalue weighted by Gasteiger charge is -2.26. The van der Waals surface area contributed by atoms with E-state index in [4.69, 9.17) is 5.11 Å². The zero-order valence-corrected chi connectivity index (χ0v) is 14.1. The van der Waals surface area contributed by atoms with E-state index in [9.17, 15) is 13.2 Å². The first-order valence-corrected chi connectivity index (χ1v) is 9.09. The highest BCUT2D eigenvalue weighted by Crippen LogP contribution is 2.28. The largest absolute Gasteiger partial charge is 0.481 e. The summed E-state index contributed by atoms with van der Waals surface area (Å²) in [6, 6.07) is 4.90. The number of rotatable bonds is 4. The zero-order chi connectivity index (χ0) is 15.6. The van der Waals surface area contributed by atoms with Gasteiger partial charge in [-0.25, -0.2) is 13.1 Å². The number of aliphatic carboxylic acids is 1. The molecule has 5 nitrogen and oxygen atoms in total. The summed E-state index contributed by atoms with van der Waals surface area (Å²) >= 11 is 3.31. The molecular weight excluding hydrogens is 358 g/mol. The van der Waals surface area contributed by atoms with E-state index in [-0.39, 0.29) is 16.9 Å². The van der Waals surface area contributed by atoms with Crippen LogP contribution in [0.1, 0.15) is 31.2 Å². The molecule has 1 aliphatic rings. The van der Waals surface area contributed by atoms with Crippen molar-refractivity contribution in [2.45, 2.75) is 43.5 Å². The van der Waals surface area contributed by atoms with Crippen LogP contribution in [0, 0.1) is 12.8 Å². The molecular formula is C14H18BrNO4S. The van der Waals surface area contributed by atoms with Crippen molar-refractivity contribution in [2.24, 2.45) is 5.92 Å². The summed E-state index contributed by atoms with van der Waals surface area (Å²) in [6.45, 7) is 1.83. The Bertz CT molecular complexity index is 636. The Morgan fingerprint density at radius 2 is 1.90 bits per heavy atom. The molecule has 7 heteroatoms. The number of sulfonamides is 1. The summed E-state index contributed by atoms with van der Waals surface area (Å²) in [7, 11) is -3.60. The van der Waals surface area contributed by atoms with Crippen LogP contribution in [0.15, 0.2) is 27.6 Å². The summed E-state index contributed by atoms with van der Waals surface area (Å²) in [5.41, 5.74) is 0.854. The molecule has 0 radical (unpaired) electrons.